The van der Waals surface area contributed by atoms with Crippen LogP contribution in [-0.2, 0) is 5.41 Å². The van der Waals surface area contributed by atoms with E-state index in [-0.39, 0.29) is 5.41 Å². The van der Waals surface area contributed by atoms with Gasteiger partial charge < -0.3 is 11.5 Å². The van der Waals surface area contributed by atoms with Crippen LogP contribution in [0.2, 0.25) is 5.02 Å². The molecule has 110 valence electrons. The highest BCUT2D eigenvalue weighted by Crippen LogP contribution is 2.53. The lowest BCUT2D eigenvalue weighted by molar-refractivity contribution is 0.197. The predicted molar refractivity (Wildman–Crippen MR) is 89.6 cm³/mol. The molecule has 1 aliphatic carbocycles. The molecule has 1 aliphatic rings. The van der Waals surface area contributed by atoms with Gasteiger partial charge in [0.25, 0.3) is 0 Å². The fourth-order valence-electron chi connectivity index (χ4n) is 3.63. The average molecular weight is 301 g/mol. The third kappa shape index (κ3) is 2.54. The van der Waals surface area contributed by atoms with Gasteiger partial charge in [0.1, 0.15) is 0 Å². The zero-order valence-corrected chi connectivity index (χ0v) is 12.8. The minimum Gasteiger partial charge on any atom is -0.399 e. The van der Waals surface area contributed by atoms with Gasteiger partial charge in [-0.15, -0.1) is 0 Å². The van der Waals surface area contributed by atoms with Crippen molar-refractivity contribution in [2.24, 2.45) is 5.73 Å². The summed E-state index contributed by atoms with van der Waals surface area (Å²) in [4.78, 5) is 0. The Kier molecular flexibility index (Phi) is 3.92. The minimum atomic E-state index is 0.132. The number of halogens is 1. The standard InChI is InChI=1S/C18H21ClN2/c19-15-7-5-14(6-8-15)18(9-2-10-18)17(12-20)13-3-1-4-16(21)11-13/h1,3-8,11,17H,2,9-10,12,20-21H2. The van der Waals surface area contributed by atoms with Crippen LogP contribution in [0.5, 0.6) is 0 Å². The van der Waals surface area contributed by atoms with Crippen LogP contribution in [0.25, 0.3) is 0 Å². The van der Waals surface area contributed by atoms with Crippen molar-refractivity contribution in [3.8, 4) is 0 Å². The summed E-state index contributed by atoms with van der Waals surface area (Å²) in [5, 5.41) is 0.779. The molecule has 21 heavy (non-hydrogen) atoms. The van der Waals surface area contributed by atoms with Crippen molar-refractivity contribution < 1.29 is 0 Å². The summed E-state index contributed by atoms with van der Waals surface area (Å²) >= 11 is 6.03. The summed E-state index contributed by atoms with van der Waals surface area (Å²) in [6, 6.07) is 16.4. The molecule has 2 aromatic rings. The van der Waals surface area contributed by atoms with Crippen molar-refractivity contribution in [3.63, 3.8) is 0 Å². The minimum absolute atomic E-state index is 0.132. The Morgan fingerprint density at radius 1 is 1.10 bits per heavy atom. The molecule has 4 N–H and O–H groups in total. The van der Waals surface area contributed by atoms with E-state index in [1.165, 1.54) is 30.4 Å². The van der Waals surface area contributed by atoms with Crippen molar-refractivity contribution in [2.75, 3.05) is 12.3 Å². The first-order valence-electron chi connectivity index (χ1n) is 7.47. The summed E-state index contributed by atoms with van der Waals surface area (Å²) in [6.45, 7) is 0.631. The van der Waals surface area contributed by atoms with Gasteiger partial charge in [0.05, 0.1) is 0 Å². The summed E-state index contributed by atoms with van der Waals surface area (Å²) in [7, 11) is 0. The maximum absolute atomic E-state index is 6.15. The largest absolute Gasteiger partial charge is 0.399 e. The van der Waals surface area contributed by atoms with Crippen molar-refractivity contribution >= 4 is 17.3 Å². The number of hydrogen-bond donors (Lipinski definition) is 2. The van der Waals surface area contributed by atoms with Crippen molar-refractivity contribution in [1.29, 1.82) is 0 Å². The molecule has 0 amide bonds. The van der Waals surface area contributed by atoms with Gasteiger partial charge in [0.15, 0.2) is 0 Å². The molecule has 2 aromatic carbocycles. The fourth-order valence-corrected chi connectivity index (χ4v) is 3.76. The van der Waals surface area contributed by atoms with Crippen LogP contribution in [0.4, 0.5) is 5.69 Å². The van der Waals surface area contributed by atoms with E-state index in [9.17, 15) is 0 Å². The fraction of sp³-hybridized carbons (Fsp3) is 0.333. The lowest BCUT2D eigenvalue weighted by atomic mass is 9.56. The topological polar surface area (TPSA) is 52.0 Å². The Labute approximate surface area is 131 Å². The second-order valence-corrected chi connectivity index (χ2v) is 6.41. The molecular formula is C18H21ClN2. The molecule has 1 fully saturated rings. The molecule has 0 spiro atoms. The second-order valence-electron chi connectivity index (χ2n) is 5.97. The third-order valence-electron chi connectivity index (χ3n) is 4.88. The van der Waals surface area contributed by atoms with Crippen molar-refractivity contribution in [3.05, 3.63) is 64.7 Å². The Bertz CT molecular complexity index is 617. The van der Waals surface area contributed by atoms with E-state index < -0.39 is 0 Å². The van der Waals surface area contributed by atoms with Gasteiger partial charge in [-0.05, 0) is 48.2 Å². The zero-order chi connectivity index (χ0) is 14.9. The number of nitrogens with two attached hydrogens (primary N) is 2. The molecule has 1 saturated carbocycles. The van der Waals surface area contributed by atoms with Crippen LogP contribution in [0.1, 0.15) is 36.3 Å². The maximum atomic E-state index is 6.15. The number of benzene rings is 2. The van der Waals surface area contributed by atoms with Gasteiger partial charge in [0, 0.05) is 28.6 Å². The van der Waals surface area contributed by atoms with E-state index in [0.29, 0.717) is 12.5 Å². The maximum Gasteiger partial charge on any atom is 0.0406 e. The SMILES string of the molecule is NCC(c1cccc(N)c1)C1(c2ccc(Cl)cc2)CCC1. The third-order valence-corrected chi connectivity index (χ3v) is 5.13. The summed E-state index contributed by atoms with van der Waals surface area (Å²) in [5.41, 5.74) is 15.6. The highest BCUT2D eigenvalue weighted by Gasteiger charge is 2.45. The van der Waals surface area contributed by atoms with Crippen LogP contribution in [0, 0.1) is 0 Å². The Balaban J connectivity index is 2.02. The first-order valence-corrected chi connectivity index (χ1v) is 7.85. The van der Waals surface area contributed by atoms with Crippen LogP contribution in [-0.4, -0.2) is 6.54 Å². The van der Waals surface area contributed by atoms with E-state index in [2.05, 4.69) is 24.3 Å². The smallest absolute Gasteiger partial charge is 0.0406 e. The van der Waals surface area contributed by atoms with Gasteiger partial charge in [-0.1, -0.05) is 42.3 Å². The predicted octanol–water partition coefficient (Wildman–Crippen LogP) is 4.09. The van der Waals surface area contributed by atoms with Crippen molar-refractivity contribution in [2.45, 2.75) is 30.6 Å². The molecule has 0 bridgehead atoms. The molecule has 0 heterocycles. The van der Waals surface area contributed by atoms with Gasteiger partial charge in [-0.25, -0.2) is 0 Å². The number of anilines is 1. The highest BCUT2D eigenvalue weighted by molar-refractivity contribution is 6.30. The first-order chi connectivity index (χ1) is 10.2. The molecule has 1 atom stereocenters. The molecule has 0 aromatic heterocycles. The second kappa shape index (κ2) is 5.70. The van der Waals surface area contributed by atoms with Crippen LogP contribution < -0.4 is 11.5 Å². The van der Waals surface area contributed by atoms with Gasteiger partial charge in [-0.2, -0.15) is 0 Å². The Morgan fingerprint density at radius 3 is 2.33 bits per heavy atom. The quantitative estimate of drug-likeness (QED) is 0.836. The molecule has 3 heteroatoms. The molecule has 0 radical (unpaired) electrons. The van der Waals surface area contributed by atoms with Crippen LogP contribution in [0.3, 0.4) is 0 Å². The van der Waals surface area contributed by atoms with Gasteiger partial charge in [-0.3, -0.25) is 0 Å². The first kappa shape index (κ1) is 14.4. The summed E-state index contributed by atoms with van der Waals surface area (Å²) < 4.78 is 0. The molecule has 0 saturated heterocycles. The summed E-state index contributed by atoms with van der Waals surface area (Å²) in [5.74, 6) is 0.302. The number of nitrogen functional groups attached to an aromatic ring is 1. The lowest BCUT2D eigenvalue weighted by Crippen LogP contribution is -2.43. The zero-order valence-electron chi connectivity index (χ0n) is 12.1. The van der Waals surface area contributed by atoms with Crippen LogP contribution in [0.15, 0.2) is 48.5 Å². The highest BCUT2D eigenvalue weighted by atomic mass is 35.5. The van der Waals surface area contributed by atoms with E-state index in [1.807, 2.05) is 24.3 Å². The lowest BCUT2D eigenvalue weighted by Gasteiger charge is -2.48. The molecule has 0 aliphatic heterocycles. The van der Waals surface area contributed by atoms with E-state index >= 15 is 0 Å². The number of rotatable bonds is 4. The molecular weight excluding hydrogens is 280 g/mol. The molecule has 1 unspecified atom stereocenters. The Hall–Kier alpha value is -1.51. The number of hydrogen-bond acceptors (Lipinski definition) is 2. The normalized spacial score (nSPS) is 18.0. The average Bonchev–Trinajstić information content (AvgIpc) is 2.44. The van der Waals surface area contributed by atoms with Crippen molar-refractivity contribution in [1.82, 2.24) is 0 Å². The van der Waals surface area contributed by atoms with Gasteiger partial charge >= 0.3 is 0 Å². The Morgan fingerprint density at radius 2 is 1.81 bits per heavy atom. The molecule has 3 rings (SSSR count). The van der Waals surface area contributed by atoms with Crippen LogP contribution >= 0.6 is 11.6 Å². The monoisotopic (exact) mass is 300 g/mol. The van der Waals surface area contributed by atoms with E-state index in [0.717, 1.165) is 10.7 Å². The van der Waals surface area contributed by atoms with Gasteiger partial charge in [0.2, 0.25) is 0 Å². The molecule has 2 nitrogen and oxygen atoms in total. The van der Waals surface area contributed by atoms with E-state index in [4.69, 9.17) is 23.1 Å². The van der Waals surface area contributed by atoms with E-state index in [1.54, 1.807) is 0 Å². The summed E-state index contributed by atoms with van der Waals surface area (Å²) in [6.07, 6.45) is 3.60.